The lowest BCUT2D eigenvalue weighted by atomic mass is 9.63. The van der Waals surface area contributed by atoms with Crippen molar-refractivity contribution in [1.82, 2.24) is 40.0 Å². The first kappa shape index (κ1) is 29.6. The second-order valence-electron chi connectivity index (χ2n) is 13.9. The lowest BCUT2D eigenvalue weighted by Gasteiger charge is -2.39. The highest BCUT2D eigenvalue weighted by molar-refractivity contribution is 7.16. The van der Waals surface area contributed by atoms with Crippen molar-refractivity contribution in [3.63, 3.8) is 0 Å². The van der Waals surface area contributed by atoms with E-state index >= 15 is 0 Å². The molecule has 7 heterocycles. The Morgan fingerprint density at radius 1 is 1.17 bits per heavy atom. The van der Waals surface area contributed by atoms with Gasteiger partial charge in [-0.25, -0.2) is 19.7 Å². The Bertz CT molecular complexity index is 2080. The Kier molecular flexibility index (Phi) is 6.81. The number of H-pyrrole nitrogens is 1. The van der Waals surface area contributed by atoms with Gasteiger partial charge in [0.2, 0.25) is 5.88 Å². The third kappa shape index (κ3) is 4.19. The number of aromatic amines is 1. The van der Waals surface area contributed by atoms with Crippen LogP contribution < -0.4 is 15.4 Å². The van der Waals surface area contributed by atoms with Gasteiger partial charge in [0.15, 0.2) is 22.9 Å². The van der Waals surface area contributed by atoms with Crippen molar-refractivity contribution in [1.29, 1.82) is 5.26 Å². The molecule has 1 saturated heterocycles. The minimum atomic E-state index is -0.420. The Morgan fingerprint density at radius 3 is 2.83 bits per heavy atom. The summed E-state index contributed by atoms with van der Waals surface area (Å²) in [4.78, 5) is 16.4. The number of aryl methyl sites for hydroxylation is 1. The molecule has 1 fully saturated rings. The number of thiophene rings is 1. The number of nitrogens with one attached hydrogen (secondary N) is 1. The van der Waals surface area contributed by atoms with Crippen molar-refractivity contribution < 1.29 is 9.26 Å². The second-order valence-corrected chi connectivity index (χ2v) is 15.0. The van der Waals surface area contributed by atoms with Gasteiger partial charge < -0.3 is 24.8 Å². The van der Waals surface area contributed by atoms with E-state index in [0.717, 1.165) is 90.8 Å². The molecule has 4 atom stereocenters. The molecule has 5 aromatic heterocycles. The van der Waals surface area contributed by atoms with Crippen LogP contribution in [-0.4, -0.2) is 72.8 Å². The van der Waals surface area contributed by atoms with E-state index in [1.54, 1.807) is 11.3 Å². The molecule has 1 spiro atoms. The largest absolute Gasteiger partial charge is 0.476 e. The first-order chi connectivity index (χ1) is 23.4. The highest BCUT2D eigenvalue weighted by Crippen LogP contribution is 2.55. The zero-order valence-electron chi connectivity index (χ0n) is 27.5. The molecule has 9 rings (SSSR count). The first-order valence-electron chi connectivity index (χ1n) is 17.1. The Morgan fingerprint density at radius 2 is 2.02 bits per heavy atom. The predicted octanol–water partition coefficient (Wildman–Crippen LogP) is 5.29. The van der Waals surface area contributed by atoms with Crippen LogP contribution >= 0.6 is 11.3 Å². The van der Waals surface area contributed by atoms with Crippen LogP contribution in [0.3, 0.4) is 0 Å². The summed E-state index contributed by atoms with van der Waals surface area (Å²) in [6.45, 7) is 6.57. The number of nitrogen functional groups attached to an aromatic ring is 1. The van der Waals surface area contributed by atoms with Crippen LogP contribution in [0.2, 0.25) is 0 Å². The number of ether oxygens (including phenoxy) is 1. The zero-order valence-corrected chi connectivity index (χ0v) is 28.3. The van der Waals surface area contributed by atoms with Gasteiger partial charge in [-0.05, 0) is 84.4 Å². The SMILES string of the molecule is CC1c2cn[nH]c2OCCN1c1nc(-c2noc3c2CCCC32CCCc3sc(N)c(C#N)c32)nc2c1cnn2C(C)C1CCCN1C. The zero-order chi connectivity index (χ0) is 32.7. The van der Waals surface area contributed by atoms with Crippen LogP contribution in [0, 0.1) is 11.3 Å². The Labute approximate surface area is 282 Å². The molecule has 2 aliphatic heterocycles. The fourth-order valence-corrected chi connectivity index (χ4v) is 10.2. The summed E-state index contributed by atoms with van der Waals surface area (Å²) >= 11 is 1.55. The smallest absolute Gasteiger partial charge is 0.214 e. The molecule has 48 heavy (non-hydrogen) atoms. The number of rotatable bonds is 4. The molecular formula is C34H39N11O2S. The molecule has 5 aromatic rings. The highest BCUT2D eigenvalue weighted by atomic mass is 32.1. The van der Waals surface area contributed by atoms with Gasteiger partial charge in [0, 0.05) is 16.5 Å². The van der Waals surface area contributed by atoms with E-state index in [9.17, 15) is 5.26 Å². The summed E-state index contributed by atoms with van der Waals surface area (Å²) in [6, 6.07) is 2.84. The van der Waals surface area contributed by atoms with Crippen molar-refractivity contribution in [2.75, 3.05) is 37.4 Å². The van der Waals surface area contributed by atoms with Crippen LogP contribution in [0.5, 0.6) is 5.88 Å². The first-order valence-corrected chi connectivity index (χ1v) is 17.9. The highest BCUT2D eigenvalue weighted by Gasteiger charge is 2.49. The van der Waals surface area contributed by atoms with Gasteiger partial charge in [0.05, 0.1) is 53.0 Å². The molecular weight excluding hydrogens is 627 g/mol. The molecule has 4 aliphatic rings. The fourth-order valence-electron chi connectivity index (χ4n) is 9.05. The normalized spacial score (nSPS) is 24.6. The molecule has 13 nitrogen and oxygen atoms in total. The van der Waals surface area contributed by atoms with Gasteiger partial charge >= 0.3 is 0 Å². The number of anilines is 2. The molecule has 0 aromatic carbocycles. The van der Waals surface area contributed by atoms with E-state index < -0.39 is 5.41 Å². The van der Waals surface area contributed by atoms with E-state index in [4.69, 9.17) is 35.2 Å². The molecule has 2 aliphatic carbocycles. The second kappa shape index (κ2) is 11.0. The Balaban J connectivity index is 1.23. The van der Waals surface area contributed by atoms with Crippen LogP contribution in [0.4, 0.5) is 10.8 Å². The van der Waals surface area contributed by atoms with Crippen LogP contribution in [0.15, 0.2) is 16.9 Å². The van der Waals surface area contributed by atoms with Crippen molar-refractivity contribution in [2.45, 2.75) is 88.8 Å². The predicted molar refractivity (Wildman–Crippen MR) is 181 cm³/mol. The Hall–Kier alpha value is -4.48. The van der Waals surface area contributed by atoms with Gasteiger partial charge in [-0.3, -0.25) is 0 Å². The average molecular weight is 666 g/mol. The van der Waals surface area contributed by atoms with Crippen LogP contribution in [-0.2, 0) is 18.3 Å². The van der Waals surface area contributed by atoms with Crippen LogP contribution in [0.1, 0.15) is 97.3 Å². The minimum Gasteiger partial charge on any atom is -0.476 e. The van der Waals surface area contributed by atoms with E-state index in [0.29, 0.717) is 47.2 Å². The molecule has 248 valence electrons. The lowest BCUT2D eigenvalue weighted by Crippen LogP contribution is -2.35. The summed E-state index contributed by atoms with van der Waals surface area (Å²) < 4.78 is 14.5. The number of nitriles is 1. The van der Waals surface area contributed by atoms with Crippen molar-refractivity contribution >= 4 is 33.2 Å². The number of hydrogen-bond acceptors (Lipinski definition) is 12. The minimum absolute atomic E-state index is 0.0578. The summed E-state index contributed by atoms with van der Waals surface area (Å²) in [5, 5.41) is 28.6. The molecule has 0 saturated carbocycles. The summed E-state index contributed by atoms with van der Waals surface area (Å²) in [6.07, 6.45) is 11.5. The molecule has 0 radical (unpaired) electrons. The van der Waals surface area contributed by atoms with Gasteiger partial charge in [0.1, 0.15) is 23.5 Å². The number of nitrogens with two attached hydrogens (primary N) is 1. The van der Waals surface area contributed by atoms with Gasteiger partial charge in [-0.15, -0.1) is 11.3 Å². The van der Waals surface area contributed by atoms with Gasteiger partial charge in [-0.2, -0.15) is 15.5 Å². The maximum absolute atomic E-state index is 10.2. The third-order valence-electron chi connectivity index (χ3n) is 11.4. The van der Waals surface area contributed by atoms with Gasteiger partial charge in [0.25, 0.3) is 0 Å². The molecule has 0 amide bonds. The number of hydrogen-bond donors (Lipinski definition) is 2. The van der Waals surface area contributed by atoms with E-state index in [1.807, 2.05) is 12.4 Å². The average Bonchev–Trinajstić information content (AvgIpc) is 3.92. The number of fused-ring (bicyclic) bond motifs is 6. The van der Waals surface area contributed by atoms with Crippen molar-refractivity contribution in [2.24, 2.45) is 0 Å². The maximum Gasteiger partial charge on any atom is 0.214 e. The lowest BCUT2D eigenvalue weighted by molar-refractivity contribution is 0.232. The third-order valence-corrected chi connectivity index (χ3v) is 12.5. The van der Waals surface area contributed by atoms with Crippen LogP contribution in [0.25, 0.3) is 22.6 Å². The summed E-state index contributed by atoms with van der Waals surface area (Å²) in [7, 11) is 2.19. The van der Waals surface area contributed by atoms with E-state index in [2.05, 4.69) is 51.6 Å². The molecule has 14 heteroatoms. The summed E-state index contributed by atoms with van der Waals surface area (Å²) in [5.41, 5.74) is 11.1. The summed E-state index contributed by atoms with van der Waals surface area (Å²) in [5.74, 6) is 2.85. The number of aromatic nitrogens is 7. The van der Waals surface area contributed by atoms with E-state index in [1.165, 1.54) is 11.3 Å². The number of likely N-dealkylation sites (tertiary alicyclic amines) is 1. The topological polar surface area (TPSA) is 164 Å². The quantitative estimate of drug-likeness (QED) is 0.256. The van der Waals surface area contributed by atoms with Crippen molar-refractivity contribution in [3.05, 3.63) is 45.3 Å². The standard InChI is InChI=1S/C34H39N11O2S/c1-18-22-16-37-41-33(22)46-14-13-44(18)31-23-17-38-45(19(2)24-8-6-12-43(24)3)32(23)40-30(39-31)27-20-7-4-10-34(28(20)47-42-27)11-5-9-25-26(34)21(15-35)29(36)48-25/h16-19,24H,4-14,36H2,1-3H3,(H,37,41). The fraction of sp³-hybridized carbons (Fsp3) is 0.529. The van der Waals surface area contributed by atoms with E-state index in [-0.39, 0.29) is 12.1 Å². The number of nitrogens with zero attached hydrogens (tertiary/aromatic N) is 9. The monoisotopic (exact) mass is 665 g/mol. The molecule has 0 bridgehead atoms. The molecule has 3 N–H and O–H groups in total. The maximum atomic E-state index is 10.2. The van der Waals surface area contributed by atoms with Crippen molar-refractivity contribution in [3.8, 4) is 23.5 Å². The number of likely N-dealkylation sites (N-methyl/N-ethyl adjacent to an activating group) is 1. The van der Waals surface area contributed by atoms with Gasteiger partial charge in [-0.1, -0.05) is 5.16 Å². The molecule has 4 unspecified atom stereocenters.